The molecular weight excluding hydrogens is 508 g/mol. The largest absolute Gasteiger partial charge is 0.461 e. The smallest absolute Gasteiger partial charge is 0.312 e. The van der Waals surface area contributed by atoms with E-state index in [1.54, 1.807) is 12.1 Å². The summed E-state index contributed by atoms with van der Waals surface area (Å²) < 4.78 is 11.8. The first-order valence-corrected chi connectivity index (χ1v) is 13.6. The molecule has 38 heavy (non-hydrogen) atoms. The van der Waals surface area contributed by atoms with Crippen molar-refractivity contribution < 1.29 is 29.0 Å². The highest BCUT2D eigenvalue weighted by molar-refractivity contribution is 6.34. The van der Waals surface area contributed by atoms with Gasteiger partial charge in [0, 0.05) is 6.54 Å². The van der Waals surface area contributed by atoms with Crippen molar-refractivity contribution in [3.05, 3.63) is 54.1 Å². The van der Waals surface area contributed by atoms with Gasteiger partial charge in [-0.3, -0.25) is 14.4 Å². The molecule has 3 saturated heterocycles. The molecule has 1 N–H and O–H groups in total. The zero-order valence-electron chi connectivity index (χ0n) is 22.3. The third kappa shape index (κ3) is 4.56. The average Bonchev–Trinajstić information content (AvgIpc) is 3.52. The first-order valence-electron chi connectivity index (χ1n) is 13.2. The average molecular weight is 545 g/mol. The maximum absolute atomic E-state index is 14.6. The van der Waals surface area contributed by atoms with E-state index in [9.17, 15) is 19.5 Å². The molecular formula is C29H37ClN2O6. The number of carbonyl (C=O) groups excluding carboxylic acids is 3. The minimum Gasteiger partial charge on any atom is -0.461 e. The number of fused-ring (bicyclic) bond motifs is 1. The van der Waals surface area contributed by atoms with Crippen LogP contribution >= 0.6 is 11.6 Å². The monoisotopic (exact) mass is 544 g/mol. The van der Waals surface area contributed by atoms with Crippen LogP contribution in [-0.2, 0) is 23.9 Å². The molecule has 2 unspecified atom stereocenters. The summed E-state index contributed by atoms with van der Waals surface area (Å²) in [6, 6.07) is 3.71. The topological polar surface area (TPSA) is 96.4 Å². The van der Waals surface area contributed by atoms with Crippen LogP contribution in [0.25, 0.3) is 0 Å². The minimum atomic E-state index is -1.21. The number of anilines is 1. The van der Waals surface area contributed by atoms with Crippen LogP contribution in [0.4, 0.5) is 5.69 Å². The molecule has 3 fully saturated rings. The number of likely N-dealkylation sites (tertiary alicyclic amines) is 1. The third-order valence-electron chi connectivity index (χ3n) is 7.97. The third-order valence-corrected chi connectivity index (χ3v) is 8.28. The molecule has 0 aromatic heterocycles. The van der Waals surface area contributed by atoms with Crippen LogP contribution in [-0.4, -0.2) is 71.3 Å². The van der Waals surface area contributed by atoms with Crippen molar-refractivity contribution in [3.63, 3.8) is 0 Å². The maximum Gasteiger partial charge on any atom is 0.312 e. The fourth-order valence-electron chi connectivity index (χ4n) is 6.62. The van der Waals surface area contributed by atoms with Crippen molar-refractivity contribution in [2.75, 3.05) is 24.7 Å². The molecule has 3 aliphatic heterocycles. The molecule has 2 amide bonds. The second-order valence-electron chi connectivity index (χ2n) is 10.8. The van der Waals surface area contributed by atoms with E-state index in [0.717, 1.165) is 5.56 Å². The van der Waals surface area contributed by atoms with Crippen molar-refractivity contribution in [2.24, 2.45) is 17.8 Å². The van der Waals surface area contributed by atoms with Crippen LogP contribution in [0.3, 0.4) is 0 Å². The van der Waals surface area contributed by atoms with E-state index in [1.807, 2.05) is 32.9 Å². The van der Waals surface area contributed by atoms with Crippen LogP contribution in [0.1, 0.15) is 38.7 Å². The fraction of sp³-hybridized carbons (Fsp3) is 0.552. The Kier molecular flexibility index (Phi) is 8.35. The van der Waals surface area contributed by atoms with Crippen LogP contribution < -0.4 is 4.90 Å². The van der Waals surface area contributed by atoms with Gasteiger partial charge in [0.05, 0.1) is 41.3 Å². The summed E-state index contributed by atoms with van der Waals surface area (Å²) in [6.07, 6.45) is 4.00. The van der Waals surface area contributed by atoms with Gasteiger partial charge in [-0.25, -0.2) is 0 Å². The number of nitrogens with zero attached hydrogens (tertiary/aromatic N) is 2. The van der Waals surface area contributed by atoms with Crippen LogP contribution in [0.5, 0.6) is 0 Å². The lowest BCUT2D eigenvalue weighted by Crippen LogP contribution is -2.59. The number of para-hydroxylation sites is 1. The van der Waals surface area contributed by atoms with Crippen molar-refractivity contribution in [1.29, 1.82) is 0 Å². The lowest BCUT2D eigenvalue weighted by molar-refractivity contribution is -0.155. The molecule has 3 heterocycles. The number of benzene rings is 1. The highest BCUT2D eigenvalue weighted by Crippen LogP contribution is 2.59. The number of halogens is 1. The number of aryl methyl sites for hydroxylation is 1. The van der Waals surface area contributed by atoms with E-state index in [0.29, 0.717) is 30.0 Å². The molecule has 8 nitrogen and oxygen atoms in total. The van der Waals surface area contributed by atoms with Crippen molar-refractivity contribution in [1.82, 2.24) is 4.90 Å². The quantitative estimate of drug-likeness (QED) is 0.337. The Morgan fingerprint density at radius 1 is 1.34 bits per heavy atom. The first-order chi connectivity index (χ1) is 18.1. The molecule has 4 rings (SSSR count). The van der Waals surface area contributed by atoms with Gasteiger partial charge in [0.15, 0.2) is 0 Å². The summed E-state index contributed by atoms with van der Waals surface area (Å²) in [5, 5.41) is 10.8. The number of hydrogen-bond acceptors (Lipinski definition) is 6. The Hall–Kier alpha value is -2.68. The second kappa shape index (κ2) is 11.2. The van der Waals surface area contributed by atoms with Gasteiger partial charge in [-0.2, -0.15) is 0 Å². The van der Waals surface area contributed by atoms with Gasteiger partial charge in [0.25, 0.3) is 5.91 Å². The highest BCUT2D eigenvalue weighted by Gasteiger charge is 2.75. The Balaban J connectivity index is 1.84. The Labute approximate surface area is 229 Å². The number of esters is 1. The van der Waals surface area contributed by atoms with Gasteiger partial charge in [-0.1, -0.05) is 56.3 Å². The van der Waals surface area contributed by atoms with Crippen LogP contribution in [0.2, 0.25) is 5.02 Å². The van der Waals surface area contributed by atoms with Gasteiger partial charge >= 0.3 is 5.97 Å². The van der Waals surface area contributed by atoms with Crippen LogP contribution in [0.15, 0.2) is 43.5 Å². The Morgan fingerprint density at radius 3 is 2.68 bits per heavy atom. The maximum atomic E-state index is 14.6. The predicted molar refractivity (Wildman–Crippen MR) is 145 cm³/mol. The van der Waals surface area contributed by atoms with Crippen molar-refractivity contribution >= 4 is 35.1 Å². The second-order valence-corrected chi connectivity index (χ2v) is 11.2. The van der Waals surface area contributed by atoms with Crippen molar-refractivity contribution in [3.8, 4) is 0 Å². The number of carbonyl (C=O) groups is 3. The number of hydrogen-bond donors (Lipinski definition) is 1. The van der Waals surface area contributed by atoms with E-state index in [4.69, 9.17) is 21.1 Å². The van der Waals surface area contributed by atoms with Crippen molar-refractivity contribution in [2.45, 2.75) is 63.8 Å². The van der Waals surface area contributed by atoms with Gasteiger partial charge in [0.2, 0.25) is 5.91 Å². The molecule has 206 valence electrons. The molecule has 1 aromatic carbocycles. The van der Waals surface area contributed by atoms with E-state index in [1.165, 1.54) is 15.9 Å². The SMILES string of the molecule is C=CCOC(=O)[C@@H]1[C@@H]2CCC3(O2)C(C(=O)N(CC=C)c2c(C)cccc2Cl)N([C@@H](CO)CC(C)C)C(=O)[C@H]13. The lowest BCUT2D eigenvalue weighted by Gasteiger charge is -2.40. The summed E-state index contributed by atoms with van der Waals surface area (Å²) in [7, 11) is 0. The molecule has 0 aliphatic carbocycles. The molecule has 0 radical (unpaired) electrons. The molecule has 9 heteroatoms. The number of aliphatic hydroxyl groups excluding tert-OH is 1. The Morgan fingerprint density at radius 2 is 2.08 bits per heavy atom. The normalized spacial score (nSPS) is 28.4. The fourth-order valence-corrected chi connectivity index (χ4v) is 6.95. The summed E-state index contributed by atoms with van der Waals surface area (Å²) in [5.41, 5.74) is 0.113. The molecule has 1 aromatic rings. The van der Waals surface area contributed by atoms with Gasteiger partial charge < -0.3 is 24.4 Å². The summed E-state index contributed by atoms with van der Waals surface area (Å²) in [5.74, 6) is -2.83. The van der Waals surface area contributed by atoms with Gasteiger partial charge in [0.1, 0.15) is 18.2 Å². The summed E-state index contributed by atoms with van der Waals surface area (Å²) in [6.45, 7) is 13.1. The van der Waals surface area contributed by atoms with Gasteiger partial charge in [-0.15, -0.1) is 6.58 Å². The summed E-state index contributed by atoms with van der Waals surface area (Å²) in [4.78, 5) is 45.0. The van der Waals surface area contributed by atoms with E-state index in [2.05, 4.69) is 13.2 Å². The number of ether oxygens (including phenoxy) is 2. The molecule has 6 atom stereocenters. The van der Waals surface area contributed by atoms with Gasteiger partial charge in [-0.05, 0) is 43.7 Å². The number of rotatable bonds is 11. The molecule has 0 saturated carbocycles. The first kappa shape index (κ1) is 28.3. The molecule has 2 bridgehead atoms. The summed E-state index contributed by atoms with van der Waals surface area (Å²) >= 11 is 6.59. The zero-order chi connectivity index (χ0) is 27.8. The minimum absolute atomic E-state index is 0.0214. The number of amides is 2. The highest BCUT2D eigenvalue weighted by atomic mass is 35.5. The standard InChI is InChI=1S/C29H37ClN2O6/c1-6-13-31(24-18(5)9-8-10-20(24)30)27(35)25-29-12-11-21(38-29)22(28(36)37-14-7-2)23(29)26(34)32(25)19(16-33)15-17(3)4/h6-10,17,19,21-23,25,33H,1-2,11-16H2,3-5H3/t19-,21+,22-,23+,25?,29?/m1/s1. The molecule has 3 aliphatic rings. The zero-order valence-corrected chi connectivity index (χ0v) is 23.0. The van der Waals surface area contributed by atoms with Crippen LogP contribution in [0, 0.1) is 24.7 Å². The Bertz CT molecular complexity index is 1100. The molecule has 1 spiro atoms. The predicted octanol–water partition coefficient (Wildman–Crippen LogP) is 3.68. The van der Waals surface area contributed by atoms with E-state index < -0.39 is 41.6 Å². The lowest BCUT2D eigenvalue weighted by atomic mass is 9.70. The number of aliphatic hydroxyl groups is 1. The van der Waals surface area contributed by atoms with E-state index in [-0.39, 0.29) is 37.5 Å². The van der Waals surface area contributed by atoms with E-state index >= 15 is 0 Å².